The molecule has 6 heteroatoms. The monoisotopic (exact) mass is 299 g/mol. The van der Waals surface area contributed by atoms with Crippen LogP contribution in [0.4, 0.5) is 5.69 Å². The fourth-order valence-corrected chi connectivity index (χ4v) is 3.00. The van der Waals surface area contributed by atoms with E-state index in [0.29, 0.717) is 19.0 Å². The summed E-state index contributed by atoms with van der Waals surface area (Å²) in [7, 11) is -3.38. The first-order valence-electron chi connectivity index (χ1n) is 6.94. The van der Waals surface area contributed by atoms with E-state index in [9.17, 15) is 8.42 Å². The van der Waals surface area contributed by atoms with Gasteiger partial charge in [0.1, 0.15) is 0 Å². The zero-order valence-electron chi connectivity index (χ0n) is 12.4. The highest BCUT2D eigenvalue weighted by Crippen LogP contribution is 2.14. The number of nitrogens with two attached hydrogens (primary N) is 1. The molecule has 1 unspecified atom stereocenters. The second-order valence-corrected chi connectivity index (χ2v) is 7.06. The summed E-state index contributed by atoms with van der Waals surface area (Å²) in [6.07, 6.45) is 0.958. The summed E-state index contributed by atoms with van der Waals surface area (Å²) in [6, 6.07) is 6.79. The Labute approximate surface area is 122 Å². The van der Waals surface area contributed by atoms with Crippen molar-refractivity contribution in [2.45, 2.75) is 38.1 Å². The number of nitrogens with one attached hydrogen (secondary N) is 2. The predicted molar refractivity (Wildman–Crippen MR) is 83.2 cm³/mol. The van der Waals surface area contributed by atoms with Crippen LogP contribution in [-0.2, 0) is 10.0 Å². The molecule has 114 valence electrons. The molecule has 0 bridgehead atoms. The standard InChI is InChI=1S/C14H25N3O2S/c1-4-17-20(18,19)14-7-5-13(6-8-14)16-10-12(15)9-11(2)3/h5-8,11-12,16-17H,4,9-10,15H2,1-3H3. The summed E-state index contributed by atoms with van der Waals surface area (Å²) in [5.41, 5.74) is 6.87. The molecule has 0 aromatic heterocycles. The smallest absolute Gasteiger partial charge is 0.240 e. The molecule has 0 saturated heterocycles. The Bertz CT molecular complexity index is 498. The largest absolute Gasteiger partial charge is 0.383 e. The van der Waals surface area contributed by atoms with Crippen molar-refractivity contribution < 1.29 is 8.42 Å². The molecule has 0 aliphatic rings. The quantitative estimate of drug-likeness (QED) is 0.683. The van der Waals surface area contributed by atoms with Gasteiger partial charge in [0, 0.05) is 24.8 Å². The van der Waals surface area contributed by atoms with Gasteiger partial charge in [0.05, 0.1) is 4.90 Å². The lowest BCUT2D eigenvalue weighted by Gasteiger charge is -2.15. The maximum atomic E-state index is 11.8. The van der Waals surface area contributed by atoms with Crippen LogP contribution in [0.25, 0.3) is 0 Å². The highest BCUT2D eigenvalue weighted by Gasteiger charge is 2.12. The van der Waals surface area contributed by atoms with Gasteiger partial charge in [0.15, 0.2) is 0 Å². The van der Waals surface area contributed by atoms with Gasteiger partial charge in [-0.3, -0.25) is 0 Å². The Hall–Kier alpha value is -1.11. The molecule has 0 aliphatic carbocycles. The zero-order chi connectivity index (χ0) is 15.2. The molecule has 0 spiro atoms. The van der Waals surface area contributed by atoms with Crippen LogP contribution in [0.2, 0.25) is 0 Å². The molecule has 1 aromatic carbocycles. The molecule has 0 radical (unpaired) electrons. The molecule has 0 saturated carbocycles. The number of hydrogen-bond acceptors (Lipinski definition) is 4. The van der Waals surface area contributed by atoms with Gasteiger partial charge < -0.3 is 11.1 Å². The van der Waals surface area contributed by atoms with Gasteiger partial charge >= 0.3 is 0 Å². The summed E-state index contributed by atoms with van der Waals surface area (Å²) in [5.74, 6) is 0.569. The van der Waals surface area contributed by atoms with Crippen molar-refractivity contribution in [1.29, 1.82) is 0 Å². The average Bonchev–Trinajstić information content (AvgIpc) is 2.36. The van der Waals surface area contributed by atoms with Crippen molar-refractivity contribution in [3.05, 3.63) is 24.3 Å². The topological polar surface area (TPSA) is 84.2 Å². The van der Waals surface area contributed by atoms with Gasteiger partial charge in [0.25, 0.3) is 0 Å². The first-order chi connectivity index (χ1) is 9.35. The van der Waals surface area contributed by atoms with Crippen LogP contribution in [0.1, 0.15) is 27.2 Å². The Morgan fingerprint density at radius 2 is 1.80 bits per heavy atom. The zero-order valence-corrected chi connectivity index (χ0v) is 13.2. The number of hydrogen-bond donors (Lipinski definition) is 3. The molecule has 1 aromatic rings. The Morgan fingerprint density at radius 1 is 1.20 bits per heavy atom. The van der Waals surface area contributed by atoms with Crippen molar-refractivity contribution in [3.8, 4) is 0 Å². The van der Waals surface area contributed by atoms with Crippen LogP contribution in [0.5, 0.6) is 0 Å². The lowest BCUT2D eigenvalue weighted by molar-refractivity contribution is 0.508. The van der Waals surface area contributed by atoms with Crippen LogP contribution in [0.3, 0.4) is 0 Å². The fraction of sp³-hybridized carbons (Fsp3) is 0.571. The van der Waals surface area contributed by atoms with E-state index in [0.717, 1.165) is 12.1 Å². The van der Waals surface area contributed by atoms with Crippen molar-refractivity contribution >= 4 is 15.7 Å². The van der Waals surface area contributed by atoms with Gasteiger partial charge in [-0.05, 0) is 36.6 Å². The minimum Gasteiger partial charge on any atom is -0.383 e. The van der Waals surface area contributed by atoms with Gasteiger partial charge in [-0.2, -0.15) is 0 Å². The highest BCUT2D eigenvalue weighted by atomic mass is 32.2. The van der Waals surface area contributed by atoms with Crippen LogP contribution < -0.4 is 15.8 Å². The lowest BCUT2D eigenvalue weighted by Crippen LogP contribution is -2.30. The summed E-state index contributed by atoms with van der Waals surface area (Å²) in [4.78, 5) is 0.274. The fourth-order valence-electron chi connectivity index (χ4n) is 1.96. The van der Waals surface area contributed by atoms with E-state index in [4.69, 9.17) is 5.73 Å². The van der Waals surface area contributed by atoms with E-state index in [1.807, 2.05) is 0 Å². The number of benzene rings is 1. The van der Waals surface area contributed by atoms with Crippen molar-refractivity contribution in [2.24, 2.45) is 11.7 Å². The SMILES string of the molecule is CCNS(=O)(=O)c1ccc(NCC(N)CC(C)C)cc1. The normalized spacial score (nSPS) is 13.4. The summed E-state index contributed by atoms with van der Waals surface area (Å²) in [6.45, 7) is 7.09. The van der Waals surface area contributed by atoms with Crippen LogP contribution in [-0.4, -0.2) is 27.5 Å². The van der Waals surface area contributed by atoms with Gasteiger partial charge in [-0.15, -0.1) is 0 Å². The lowest BCUT2D eigenvalue weighted by atomic mass is 10.0. The minimum atomic E-state index is -3.38. The molecule has 5 nitrogen and oxygen atoms in total. The van der Waals surface area contributed by atoms with Gasteiger partial charge in [0.2, 0.25) is 10.0 Å². The van der Waals surface area contributed by atoms with Crippen molar-refractivity contribution in [1.82, 2.24) is 4.72 Å². The first-order valence-corrected chi connectivity index (χ1v) is 8.42. The Balaban J connectivity index is 2.59. The third-order valence-electron chi connectivity index (χ3n) is 2.84. The van der Waals surface area contributed by atoms with Gasteiger partial charge in [-0.1, -0.05) is 20.8 Å². The number of rotatable bonds is 8. The molecule has 0 fully saturated rings. The molecule has 0 aliphatic heterocycles. The Kier molecular flexibility index (Phi) is 6.45. The van der Waals surface area contributed by atoms with E-state index in [1.54, 1.807) is 31.2 Å². The molecular formula is C14H25N3O2S. The minimum absolute atomic E-state index is 0.0974. The van der Waals surface area contributed by atoms with E-state index >= 15 is 0 Å². The predicted octanol–water partition coefficient (Wildman–Crippen LogP) is 1.77. The molecule has 4 N–H and O–H groups in total. The summed E-state index contributed by atoms with van der Waals surface area (Å²) in [5, 5.41) is 3.22. The van der Waals surface area contributed by atoms with E-state index < -0.39 is 10.0 Å². The van der Waals surface area contributed by atoms with Crippen LogP contribution >= 0.6 is 0 Å². The molecule has 1 atom stereocenters. The third-order valence-corrected chi connectivity index (χ3v) is 4.40. The van der Waals surface area contributed by atoms with E-state index in [-0.39, 0.29) is 10.9 Å². The number of sulfonamides is 1. The molecule has 20 heavy (non-hydrogen) atoms. The highest BCUT2D eigenvalue weighted by molar-refractivity contribution is 7.89. The number of anilines is 1. The molecule has 0 heterocycles. The molecular weight excluding hydrogens is 274 g/mol. The third kappa shape index (κ3) is 5.48. The van der Waals surface area contributed by atoms with E-state index in [2.05, 4.69) is 23.9 Å². The molecule has 0 amide bonds. The average molecular weight is 299 g/mol. The summed E-state index contributed by atoms with van der Waals surface area (Å²) < 4.78 is 26.0. The molecule has 1 rings (SSSR count). The first kappa shape index (κ1) is 16.9. The van der Waals surface area contributed by atoms with Crippen molar-refractivity contribution in [2.75, 3.05) is 18.4 Å². The maximum Gasteiger partial charge on any atom is 0.240 e. The van der Waals surface area contributed by atoms with Crippen LogP contribution in [0, 0.1) is 5.92 Å². The second-order valence-electron chi connectivity index (χ2n) is 5.30. The summed E-state index contributed by atoms with van der Waals surface area (Å²) >= 11 is 0. The van der Waals surface area contributed by atoms with Crippen molar-refractivity contribution in [3.63, 3.8) is 0 Å². The maximum absolute atomic E-state index is 11.8. The van der Waals surface area contributed by atoms with E-state index in [1.165, 1.54) is 0 Å². The Morgan fingerprint density at radius 3 is 2.30 bits per heavy atom. The second kappa shape index (κ2) is 7.61. The van der Waals surface area contributed by atoms with Crippen LogP contribution in [0.15, 0.2) is 29.2 Å². The van der Waals surface area contributed by atoms with Gasteiger partial charge in [-0.25, -0.2) is 13.1 Å².